The molecule has 1 amide bonds. The van der Waals surface area contributed by atoms with Crippen LogP contribution in [0.2, 0.25) is 0 Å². The summed E-state index contributed by atoms with van der Waals surface area (Å²) in [7, 11) is 0. The number of amides is 1. The molecule has 1 unspecified atom stereocenters. The summed E-state index contributed by atoms with van der Waals surface area (Å²) in [5.74, 6) is 1.16. The van der Waals surface area contributed by atoms with Crippen molar-refractivity contribution in [3.05, 3.63) is 59.9 Å². The first-order chi connectivity index (χ1) is 13.8. The molecule has 5 nitrogen and oxygen atoms in total. The second kappa shape index (κ2) is 9.16. The standard InChI is InChI=1S/C23H28FNO4/c1-23(2,3)29-22(26)25-14-4-5-19(25)16-28-21-12-10-20(11-13-21)27-15-17-6-8-18(24)9-7-17/h6-13,19H,4-5,14-16H2,1-3H3. The first-order valence-electron chi connectivity index (χ1n) is 9.90. The number of carbonyl (C=O) groups excluding carboxylic acids is 1. The molecule has 1 saturated heterocycles. The molecule has 2 aromatic rings. The molecule has 0 spiro atoms. The quantitative estimate of drug-likeness (QED) is 0.669. The van der Waals surface area contributed by atoms with E-state index in [1.807, 2.05) is 45.0 Å². The number of benzene rings is 2. The highest BCUT2D eigenvalue weighted by atomic mass is 19.1. The third-order valence-electron chi connectivity index (χ3n) is 4.59. The van der Waals surface area contributed by atoms with Crippen molar-refractivity contribution in [3.8, 4) is 11.5 Å². The van der Waals surface area contributed by atoms with Gasteiger partial charge in [-0.25, -0.2) is 9.18 Å². The Balaban J connectivity index is 1.48. The van der Waals surface area contributed by atoms with E-state index in [1.54, 1.807) is 17.0 Å². The summed E-state index contributed by atoms with van der Waals surface area (Å²) in [6.07, 6.45) is 1.56. The van der Waals surface area contributed by atoms with E-state index in [0.717, 1.165) is 24.2 Å². The molecule has 156 valence electrons. The fraction of sp³-hybridized carbons (Fsp3) is 0.435. The van der Waals surface area contributed by atoms with Gasteiger partial charge in [0.2, 0.25) is 0 Å². The SMILES string of the molecule is CC(C)(C)OC(=O)N1CCCC1COc1ccc(OCc2ccc(F)cc2)cc1. The van der Waals surface area contributed by atoms with Gasteiger partial charge in [0.05, 0.1) is 6.04 Å². The predicted molar refractivity (Wildman–Crippen MR) is 109 cm³/mol. The van der Waals surface area contributed by atoms with Gasteiger partial charge in [0, 0.05) is 6.54 Å². The Morgan fingerprint density at radius 1 is 1.03 bits per heavy atom. The minimum absolute atomic E-state index is 0.0132. The molecule has 0 N–H and O–H groups in total. The van der Waals surface area contributed by atoms with Crippen LogP contribution in [-0.4, -0.2) is 35.8 Å². The van der Waals surface area contributed by atoms with Gasteiger partial charge in [-0.3, -0.25) is 0 Å². The second-order valence-corrected chi connectivity index (χ2v) is 8.17. The molecule has 1 fully saturated rings. The summed E-state index contributed by atoms with van der Waals surface area (Å²) in [4.78, 5) is 14.1. The Morgan fingerprint density at radius 3 is 2.28 bits per heavy atom. The third kappa shape index (κ3) is 6.38. The van der Waals surface area contributed by atoms with E-state index in [2.05, 4.69) is 0 Å². The van der Waals surface area contributed by atoms with Gasteiger partial charge in [-0.05, 0) is 75.6 Å². The fourth-order valence-corrected chi connectivity index (χ4v) is 3.14. The van der Waals surface area contributed by atoms with Crippen molar-refractivity contribution >= 4 is 6.09 Å². The van der Waals surface area contributed by atoms with Gasteiger partial charge < -0.3 is 19.1 Å². The Labute approximate surface area is 171 Å². The summed E-state index contributed by atoms with van der Waals surface area (Å²) in [6.45, 7) is 7.09. The number of likely N-dealkylation sites (tertiary alicyclic amines) is 1. The van der Waals surface area contributed by atoms with Crippen LogP contribution < -0.4 is 9.47 Å². The molecule has 1 heterocycles. The van der Waals surface area contributed by atoms with Crippen LogP contribution in [0.25, 0.3) is 0 Å². The summed E-state index contributed by atoms with van der Waals surface area (Å²) in [5, 5.41) is 0. The zero-order valence-corrected chi connectivity index (χ0v) is 17.2. The Bertz CT molecular complexity index is 799. The van der Waals surface area contributed by atoms with Crippen molar-refractivity contribution in [2.24, 2.45) is 0 Å². The zero-order valence-electron chi connectivity index (χ0n) is 17.2. The molecule has 3 rings (SSSR count). The summed E-state index contributed by atoms with van der Waals surface area (Å²) in [6, 6.07) is 13.6. The lowest BCUT2D eigenvalue weighted by molar-refractivity contribution is 0.0187. The van der Waals surface area contributed by atoms with E-state index in [0.29, 0.717) is 25.5 Å². The summed E-state index contributed by atoms with van der Waals surface area (Å²) in [5.41, 5.74) is 0.393. The molecule has 1 atom stereocenters. The number of halogens is 1. The van der Waals surface area contributed by atoms with E-state index in [9.17, 15) is 9.18 Å². The van der Waals surface area contributed by atoms with Crippen molar-refractivity contribution in [2.45, 2.75) is 51.9 Å². The number of ether oxygens (including phenoxy) is 3. The molecule has 0 aromatic heterocycles. The van der Waals surface area contributed by atoms with Crippen LogP contribution in [0.3, 0.4) is 0 Å². The topological polar surface area (TPSA) is 48.0 Å². The van der Waals surface area contributed by atoms with E-state index >= 15 is 0 Å². The van der Waals surface area contributed by atoms with Crippen molar-refractivity contribution in [3.63, 3.8) is 0 Å². The Morgan fingerprint density at radius 2 is 1.66 bits per heavy atom. The van der Waals surface area contributed by atoms with E-state index < -0.39 is 5.60 Å². The lowest BCUT2D eigenvalue weighted by Crippen LogP contribution is -2.42. The smallest absolute Gasteiger partial charge is 0.410 e. The number of rotatable bonds is 6. The normalized spacial score (nSPS) is 16.6. The number of nitrogens with zero attached hydrogens (tertiary/aromatic N) is 1. The van der Waals surface area contributed by atoms with Gasteiger partial charge in [-0.1, -0.05) is 12.1 Å². The minimum Gasteiger partial charge on any atom is -0.491 e. The van der Waals surface area contributed by atoms with Crippen molar-refractivity contribution in [1.82, 2.24) is 4.90 Å². The average molecular weight is 401 g/mol. The molecule has 0 saturated carbocycles. The van der Waals surface area contributed by atoms with Gasteiger partial charge in [0.1, 0.15) is 36.1 Å². The van der Waals surface area contributed by atoms with Crippen molar-refractivity contribution < 1.29 is 23.4 Å². The van der Waals surface area contributed by atoms with Crippen LogP contribution in [0.5, 0.6) is 11.5 Å². The zero-order chi connectivity index (χ0) is 20.9. The van der Waals surface area contributed by atoms with Crippen LogP contribution in [-0.2, 0) is 11.3 Å². The molecular formula is C23H28FNO4. The van der Waals surface area contributed by atoms with Crippen molar-refractivity contribution in [2.75, 3.05) is 13.2 Å². The van der Waals surface area contributed by atoms with Crippen LogP contribution in [0, 0.1) is 5.82 Å². The highest BCUT2D eigenvalue weighted by Gasteiger charge is 2.32. The largest absolute Gasteiger partial charge is 0.491 e. The molecule has 0 radical (unpaired) electrons. The minimum atomic E-state index is -0.505. The number of hydrogen-bond acceptors (Lipinski definition) is 4. The number of hydrogen-bond donors (Lipinski definition) is 0. The van der Waals surface area contributed by atoms with E-state index in [4.69, 9.17) is 14.2 Å². The first-order valence-corrected chi connectivity index (χ1v) is 9.90. The maximum Gasteiger partial charge on any atom is 0.410 e. The number of carbonyl (C=O) groups is 1. The summed E-state index contributed by atoms with van der Waals surface area (Å²) >= 11 is 0. The summed E-state index contributed by atoms with van der Waals surface area (Å²) < 4.78 is 30.0. The predicted octanol–water partition coefficient (Wildman–Crippen LogP) is 5.18. The van der Waals surface area contributed by atoms with Crippen LogP contribution in [0.4, 0.5) is 9.18 Å². The molecule has 1 aliphatic rings. The lowest BCUT2D eigenvalue weighted by atomic mass is 10.2. The molecule has 29 heavy (non-hydrogen) atoms. The van der Waals surface area contributed by atoms with Crippen LogP contribution >= 0.6 is 0 Å². The van der Waals surface area contributed by atoms with Gasteiger partial charge in [0.25, 0.3) is 0 Å². The van der Waals surface area contributed by atoms with Gasteiger partial charge in [-0.15, -0.1) is 0 Å². The van der Waals surface area contributed by atoms with Crippen molar-refractivity contribution in [1.29, 1.82) is 0 Å². The Hall–Kier alpha value is -2.76. The molecule has 1 aliphatic heterocycles. The highest BCUT2D eigenvalue weighted by Crippen LogP contribution is 2.23. The van der Waals surface area contributed by atoms with E-state index in [-0.39, 0.29) is 18.0 Å². The maximum absolute atomic E-state index is 12.9. The molecule has 6 heteroatoms. The van der Waals surface area contributed by atoms with Crippen LogP contribution in [0.1, 0.15) is 39.2 Å². The van der Waals surface area contributed by atoms with Crippen LogP contribution in [0.15, 0.2) is 48.5 Å². The van der Waals surface area contributed by atoms with E-state index in [1.165, 1.54) is 12.1 Å². The molecule has 0 aliphatic carbocycles. The lowest BCUT2D eigenvalue weighted by Gasteiger charge is -2.28. The molecule has 2 aromatic carbocycles. The Kier molecular flexibility index (Phi) is 6.62. The second-order valence-electron chi connectivity index (χ2n) is 8.17. The fourth-order valence-electron chi connectivity index (χ4n) is 3.14. The van der Waals surface area contributed by atoms with Gasteiger partial charge in [-0.2, -0.15) is 0 Å². The maximum atomic E-state index is 12.9. The average Bonchev–Trinajstić information content (AvgIpc) is 3.14. The molecule has 0 bridgehead atoms. The third-order valence-corrected chi connectivity index (χ3v) is 4.59. The van der Waals surface area contributed by atoms with Gasteiger partial charge in [0.15, 0.2) is 0 Å². The molecular weight excluding hydrogens is 373 g/mol. The first kappa shape index (κ1) is 21.0. The van der Waals surface area contributed by atoms with Gasteiger partial charge >= 0.3 is 6.09 Å². The monoisotopic (exact) mass is 401 g/mol. The highest BCUT2D eigenvalue weighted by molar-refractivity contribution is 5.69.